The first-order valence-corrected chi connectivity index (χ1v) is 12.5. The van der Waals surface area contributed by atoms with Gasteiger partial charge in [-0.15, -0.1) is 0 Å². The zero-order valence-electron chi connectivity index (χ0n) is 20.7. The van der Waals surface area contributed by atoms with E-state index in [-0.39, 0.29) is 11.8 Å². The van der Waals surface area contributed by atoms with Gasteiger partial charge in [0.15, 0.2) is 0 Å². The van der Waals surface area contributed by atoms with Gasteiger partial charge in [-0.2, -0.15) is 0 Å². The maximum absolute atomic E-state index is 11.0. The van der Waals surface area contributed by atoms with Gasteiger partial charge >= 0.3 is 0 Å². The molecular formula is C28H40N2O4. The molecule has 0 radical (unpaired) electrons. The van der Waals surface area contributed by atoms with E-state index < -0.39 is 0 Å². The average molecular weight is 469 g/mol. The number of carbonyl (C=O) groups is 2. The second-order valence-electron chi connectivity index (χ2n) is 8.64. The number of anilines is 2. The fourth-order valence-electron chi connectivity index (χ4n) is 3.67. The van der Waals surface area contributed by atoms with E-state index in [4.69, 9.17) is 9.47 Å². The molecule has 34 heavy (non-hydrogen) atoms. The Balaban J connectivity index is 1.35. The topological polar surface area (TPSA) is 76.7 Å². The molecule has 186 valence electrons. The molecule has 2 amide bonds. The quantitative estimate of drug-likeness (QED) is 0.246. The van der Waals surface area contributed by atoms with Gasteiger partial charge in [0.25, 0.3) is 0 Å². The van der Waals surface area contributed by atoms with Crippen LogP contribution in [0.4, 0.5) is 11.4 Å². The van der Waals surface area contributed by atoms with Crippen molar-refractivity contribution >= 4 is 23.2 Å². The van der Waals surface area contributed by atoms with Crippen LogP contribution in [0.2, 0.25) is 0 Å². The molecule has 0 spiro atoms. The van der Waals surface area contributed by atoms with Crippen molar-refractivity contribution in [1.29, 1.82) is 0 Å². The maximum Gasteiger partial charge on any atom is 0.221 e. The first kappa shape index (κ1) is 27.2. The SMILES string of the molecule is CC(=O)Nc1ccc(OCCCCCCCCCCCCOc2ccc(NC(C)=O)cc2)cc1. The van der Waals surface area contributed by atoms with Crippen LogP contribution in [-0.2, 0) is 9.59 Å². The van der Waals surface area contributed by atoms with Crippen LogP contribution in [0.25, 0.3) is 0 Å². The molecule has 2 rings (SSSR count). The van der Waals surface area contributed by atoms with Crippen LogP contribution in [0.15, 0.2) is 48.5 Å². The lowest BCUT2D eigenvalue weighted by Crippen LogP contribution is -2.05. The smallest absolute Gasteiger partial charge is 0.221 e. The molecule has 0 aromatic heterocycles. The number of carbonyl (C=O) groups excluding carboxylic acids is 2. The zero-order chi connectivity index (χ0) is 24.4. The molecule has 0 unspecified atom stereocenters. The highest BCUT2D eigenvalue weighted by Crippen LogP contribution is 2.18. The molecule has 2 aromatic carbocycles. The van der Waals surface area contributed by atoms with Crippen molar-refractivity contribution in [1.82, 2.24) is 0 Å². The van der Waals surface area contributed by atoms with Crippen molar-refractivity contribution in [3.8, 4) is 11.5 Å². The van der Waals surface area contributed by atoms with E-state index in [1.54, 1.807) is 0 Å². The Morgan fingerprint density at radius 1 is 0.529 bits per heavy atom. The summed E-state index contributed by atoms with van der Waals surface area (Å²) >= 11 is 0. The molecule has 0 saturated carbocycles. The van der Waals surface area contributed by atoms with E-state index in [2.05, 4.69) is 10.6 Å². The van der Waals surface area contributed by atoms with Crippen LogP contribution in [0, 0.1) is 0 Å². The highest BCUT2D eigenvalue weighted by molar-refractivity contribution is 5.89. The third-order valence-electron chi connectivity index (χ3n) is 5.43. The van der Waals surface area contributed by atoms with Gasteiger partial charge < -0.3 is 20.1 Å². The predicted molar refractivity (Wildman–Crippen MR) is 139 cm³/mol. The van der Waals surface area contributed by atoms with E-state index in [0.29, 0.717) is 0 Å². The molecule has 0 aliphatic carbocycles. The minimum absolute atomic E-state index is 0.0668. The largest absolute Gasteiger partial charge is 0.494 e. The summed E-state index contributed by atoms with van der Waals surface area (Å²) in [6, 6.07) is 15.0. The Labute approximate surface area is 204 Å². The summed E-state index contributed by atoms with van der Waals surface area (Å²) < 4.78 is 11.5. The fraction of sp³-hybridized carbons (Fsp3) is 0.500. The first-order chi connectivity index (χ1) is 16.5. The van der Waals surface area contributed by atoms with Crippen molar-refractivity contribution in [2.24, 2.45) is 0 Å². The van der Waals surface area contributed by atoms with Gasteiger partial charge in [0, 0.05) is 25.2 Å². The zero-order valence-corrected chi connectivity index (χ0v) is 20.7. The van der Waals surface area contributed by atoms with Gasteiger partial charge in [-0.3, -0.25) is 9.59 Å². The number of hydrogen-bond acceptors (Lipinski definition) is 4. The lowest BCUT2D eigenvalue weighted by Gasteiger charge is -2.08. The van der Waals surface area contributed by atoms with Gasteiger partial charge in [-0.1, -0.05) is 51.4 Å². The molecule has 2 N–H and O–H groups in total. The van der Waals surface area contributed by atoms with Crippen LogP contribution in [0.5, 0.6) is 11.5 Å². The Bertz CT molecular complexity index is 763. The van der Waals surface area contributed by atoms with Crippen LogP contribution in [0.1, 0.15) is 78.1 Å². The monoisotopic (exact) mass is 468 g/mol. The number of rotatable bonds is 17. The van der Waals surface area contributed by atoms with Gasteiger partial charge in [0.05, 0.1) is 13.2 Å². The molecule has 2 aromatic rings. The Morgan fingerprint density at radius 3 is 1.12 bits per heavy atom. The van der Waals surface area contributed by atoms with E-state index in [9.17, 15) is 9.59 Å². The van der Waals surface area contributed by atoms with Crippen molar-refractivity contribution in [3.05, 3.63) is 48.5 Å². The molecule has 6 heteroatoms. The van der Waals surface area contributed by atoms with Crippen LogP contribution >= 0.6 is 0 Å². The molecule has 0 atom stereocenters. The summed E-state index contributed by atoms with van der Waals surface area (Å²) in [5, 5.41) is 5.50. The van der Waals surface area contributed by atoms with E-state index in [1.165, 1.54) is 65.2 Å². The fourth-order valence-corrected chi connectivity index (χ4v) is 3.67. The Morgan fingerprint density at radius 2 is 0.824 bits per heavy atom. The van der Waals surface area contributed by atoms with E-state index in [0.717, 1.165) is 48.9 Å². The lowest BCUT2D eigenvalue weighted by atomic mass is 10.1. The standard InChI is InChI=1S/C28H40N2O4/c1-23(31)29-25-13-17-27(18-14-25)33-21-11-9-7-5-3-4-6-8-10-12-22-34-28-19-15-26(16-20-28)30-24(2)32/h13-20H,3-12,21-22H2,1-2H3,(H,29,31)(H,30,32). The minimum Gasteiger partial charge on any atom is -0.494 e. The second kappa shape index (κ2) is 16.6. The molecular weight excluding hydrogens is 428 g/mol. The molecule has 0 saturated heterocycles. The lowest BCUT2D eigenvalue weighted by molar-refractivity contribution is -0.115. The number of ether oxygens (including phenoxy) is 2. The number of hydrogen-bond donors (Lipinski definition) is 2. The maximum atomic E-state index is 11.0. The molecule has 0 heterocycles. The van der Waals surface area contributed by atoms with Gasteiger partial charge in [0.2, 0.25) is 11.8 Å². The van der Waals surface area contributed by atoms with E-state index in [1.807, 2.05) is 48.5 Å². The van der Waals surface area contributed by atoms with Crippen molar-refractivity contribution in [2.45, 2.75) is 78.1 Å². The molecule has 6 nitrogen and oxygen atoms in total. The Kier molecular flexibility index (Phi) is 13.3. The van der Waals surface area contributed by atoms with Gasteiger partial charge in [-0.25, -0.2) is 0 Å². The third kappa shape index (κ3) is 12.9. The predicted octanol–water partition coefficient (Wildman–Crippen LogP) is 6.96. The van der Waals surface area contributed by atoms with Gasteiger partial charge in [0.1, 0.15) is 11.5 Å². The third-order valence-corrected chi connectivity index (χ3v) is 5.43. The highest BCUT2D eigenvalue weighted by atomic mass is 16.5. The average Bonchev–Trinajstić information content (AvgIpc) is 2.80. The van der Waals surface area contributed by atoms with Crippen molar-refractivity contribution < 1.29 is 19.1 Å². The summed E-state index contributed by atoms with van der Waals surface area (Å²) in [4.78, 5) is 22.1. The first-order valence-electron chi connectivity index (χ1n) is 12.5. The highest BCUT2D eigenvalue weighted by Gasteiger charge is 1.99. The number of amides is 2. The molecule has 0 aliphatic heterocycles. The number of nitrogens with one attached hydrogen (secondary N) is 2. The number of unbranched alkanes of at least 4 members (excludes halogenated alkanes) is 9. The Hall–Kier alpha value is -3.02. The molecule has 0 fully saturated rings. The summed E-state index contributed by atoms with van der Waals surface area (Å²) in [6.07, 6.45) is 12.3. The normalized spacial score (nSPS) is 10.5. The van der Waals surface area contributed by atoms with Crippen LogP contribution in [-0.4, -0.2) is 25.0 Å². The van der Waals surface area contributed by atoms with Gasteiger partial charge in [-0.05, 0) is 61.4 Å². The summed E-state index contributed by atoms with van der Waals surface area (Å²) in [5.74, 6) is 1.56. The van der Waals surface area contributed by atoms with Crippen LogP contribution < -0.4 is 20.1 Å². The van der Waals surface area contributed by atoms with E-state index >= 15 is 0 Å². The molecule has 0 bridgehead atoms. The van der Waals surface area contributed by atoms with Crippen molar-refractivity contribution in [2.75, 3.05) is 23.8 Å². The second-order valence-corrected chi connectivity index (χ2v) is 8.64. The van der Waals surface area contributed by atoms with Crippen molar-refractivity contribution in [3.63, 3.8) is 0 Å². The summed E-state index contributed by atoms with van der Waals surface area (Å²) in [5.41, 5.74) is 1.58. The molecule has 0 aliphatic rings. The van der Waals surface area contributed by atoms with Crippen LogP contribution in [0.3, 0.4) is 0 Å². The summed E-state index contributed by atoms with van der Waals surface area (Å²) in [6.45, 7) is 4.48. The minimum atomic E-state index is -0.0668. The number of benzene rings is 2. The summed E-state index contributed by atoms with van der Waals surface area (Å²) in [7, 11) is 0.